The lowest BCUT2D eigenvalue weighted by Crippen LogP contribution is -2.41. The predicted molar refractivity (Wildman–Crippen MR) is 98.5 cm³/mol. The van der Waals surface area contributed by atoms with Gasteiger partial charge >= 0.3 is 0 Å². The van der Waals surface area contributed by atoms with E-state index in [1.807, 2.05) is 27.7 Å². The Balaban J connectivity index is 2.89. The van der Waals surface area contributed by atoms with Crippen molar-refractivity contribution in [3.05, 3.63) is 35.4 Å². The number of carbonyl (C=O) groups is 3. The summed E-state index contributed by atoms with van der Waals surface area (Å²) in [6.07, 6.45) is 0.762. The summed E-state index contributed by atoms with van der Waals surface area (Å²) in [6, 6.07) is 6.52. The van der Waals surface area contributed by atoms with Crippen LogP contribution in [0.2, 0.25) is 0 Å². The maximum atomic E-state index is 12.7. The van der Waals surface area contributed by atoms with Gasteiger partial charge in [0.25, 0.3) is 11.8 Å². The van der Waals surface area contributed by atoms with Crippen molar-refractivity contribution < 1.29 is 14.4 Å². The first kappa shape index (κ1) is 20.7. The maximum Gasteiger partial charge on any atom is 0.254 e. The number of rotatable bonds is 6. The van der Waals surface area contributed by atoms with E-state index in [-0.39, 0.29) is 29.8 Å². The minimum absolute atomic E-state index is 0.0476. The molecule has 1 aromatic rings. The van der Waals surface area contributed by atoms with E-state index in [2.05, 4.69) is 5.32 Å². The second-order valence-corrected chi connectivity index (χ2v) is 7.30. The van der Waals surface area contributed by atoms with Crippen molar-refractivity contribution in [2.24, 2.45) is 0 Å². The molecule has 0 bridgehead atoms. The molecule has 0 aliphatic heterocycles. The summed E-state index contributed by atoms with van der Waals surface area (Å²) in [5, 5.41) is 2.88. The fourth-order valence-electron chi connectivity index (χ4n) is 2.19. The van der Waals surface area contributed by atoms with Crippen molar-refractivity contribution in [2.45, 2.75) is 39.7 Å². The Labute approximate surface area is 150 Å². The lowest BCUT2D eigenvalue weighted by molar-refractivity contribution is -0.129. The molecule has 0 spiro atoms. The van der Waals surface area contributed by atoms with E-state index in [0.717, 1.165) is 6.42 Å². The van der Waals surface area contributed by atoms with E-state index in [1.54, 1.807) is 38.4 Å². The van der Waals surface area contributed by atoms with Crippen LogP contribution in [-0.2, 0) is 4.79 Å². The van der Waals surface area contributed by atoms with E-state index in [4.69, 9.17) is 0 Å². The van der Waals surface area contributed by atoms with Gasteiger partial charge in [-0.2, -0.15) is 0 Å². The van der Waals surface area contributed by atoms with Crippen LogP contribution >= 0.6 is 0 Å². The second-order valence-electron chi connectivity index (χ2n) is 7.30. The molecule has 0 aliphatic rings. The molecule has 0 aliphatic carbocycles. The molecular weight excluding hydrogens is 318 g/mol. The molecule has 1 aromatic carbocycles. The molecule has 0 fully saturated rings. The van der Waals surface area contributed by atoms with Crippen molar-refractivity contribution in [1.82, 2.24) is 15.1 Å². The van der Waals surface area contributed by atoms with Crippen molar-refractivity contribution in [3.63, 3.8) is 0 Å². The molecule has 138 valence electrons. The molecule has 0 aromatic heterocycles. The Morgan fingerprint density at radius 1 is 1.00 bits per heavy atom. The third-order valence-corrected chi connectivity index (χ3v) is 3.49. The number of nitrogens with zero attached hydrogens (tertiary/aromatic N) is 2. The Morgan fingerprint density at radius 3 is 1.96 bits per heavy atom. The van der Waals surface area contributed by atoms with Crippen LogP contribution in [0.1, 0.15) is 54.8 Å². The average molecular weight is 347 g/mol. The largest absolute Gasteiger partial charge is 0.347 e. The molecule has 3 amide bonds. The zero-order valence-electron chi connectivity index (χ0n) is 16.0. The zero-order chi connectivity index (χ0) is 19.2. The number of likely N-dealkylation sites (N-methyl/N-ethyl adjacent to an activating group) is 1. The number of benzene rings is 1. The van der Waals surface area contributed by atoms with Gasteiger partial charge in [-0.15, -0.1) is 0 Å². The van der Waals surface area contributed by atoms with Gasteiger partial charge in [0.15, 0.2) is 0 Å². The molecule has 0 saturated carbocycles. The molecule has 0 atom stereocenters. The van der Waals surface area contributed by atoms with Gasteiger partial charge in [-0.3, -0.25) is 14.4 Å². The molecule has 25 heavy (non-hydrogen) atoms. The van der Waals surface area contributed by atoms with Crippen molar-refractivity contribution in [2.75, 3.05) is 27.2 Å². The van der Waals surface area contributed by atoms with E-state index in [1.165, 1.54) is 9.80 Å². The van der Waals surface area contributed by atoms with Crippen molar-refractivity contribution in [3.8, 4) is 0 Å². The van der Waals surface area contributed by atoms with Gasteiger partial charge in [0.2, 0.25) is 5.91 Å². The standard InChI is InChI=1S/C19H29N3O3/c1-7-12-22(13-16(23)21(5)6)18(25)15-10-8-14(9-11-15)17(24)20-19(2,3)4/h8-11H,7,12-13H2,1-6H3,(H,20,24). The third kappa shape index (κ3) is 6.57. The molecule has 0 saturated heterocycles. The van der Waals surface area contributed by atoms with Crippen LogP contribution in [0.15, 0.2) is 24.3 Å². The van der Waals surface area contributed by atoms with Gasteiger partial charge in [0, 0.05) is 37.3 Å². The van der Waals surface area contributed by atoms with Crippen LogP contribution in [0.25, 0.3) is 0 Å². The summed E-state index contributed by atoms with van der Waals surface area (Å²) in [5.41, 5.74) is 0.640. The van der Waals surface area contributed by atoms with E-state index in [9.17, 15) is 14.4 Å². The first-order chi connectivity index (χ1) is 11.5. The van der Waals surface area contributed by atoms with Crippen LogP contribution < -0.4 is 5.32 Å². The Bertz CT molecular complexity index is 616. The summed E-state index contributed by atoms with van der Waals surface area (Å²) >= 11 is 0. The minimum atomic E-state index is -0.323. The zero-order valence-corrected chi connectivity index (χ0v) is 16.0. The van der Waals surface area contributed by atoms with Crippen molar-refractivity contribution >= 4 is 17.7 Å². The maximum absolute atomic E-state index is 12.7. The van der Waals surface area contributed by atoms with E-state index in [0.29, 0.717) is 17.7 Å². The highest BCUT2D eigenvalue weighted by molar-refractivity contribution is 5.99. The predicted octanol–water partition coefficient (Wildman–Crippen LogP) is 2.16. The van der Waals surface area contributed by atoms with Crippen LogP contribution in [-0.4, -0.2) is 60.2 Å². The number of nitrogens with one attached hydrogen (secondary N) is 1. The molecule has 6 nitrogen and oxygen atoms in total. The number of amides is 3. The quantitative estimate of drug-likeness (QED) is 0.857. The smallest absolute Gasteiger partial charge is 0.254 e. The third-order valence-electron chi connectivity index (χ3n) is 3.49. The van der Waals surface area contributed by atoms with Gasteiger partial charge in [0.05, 0.1) is 0 Å². The molecule has 1 N–H and O–H groups in total. The highest BCUT2D eigenvalue weighted by Crippen LogP contribution is 2.10. The van der Waals surface area contributed by atoms with Gasteiger partial charge in [0.1, 0.15) is 6.54 Å². The monoisotopic (exact) mass is 347 g/mol. The molecule has 6 heteroatoms. The Kier molecular flexibility index (Phi) is 7.15. The molecule has 1 rings (SSSR count). The van der Waals surface area contributed by atoms with Crippen LogP contribution in [0, 0.1) is 0 Å². The molecule has 0 radical (unpaired) electrons. The van der Waals surface area contributed by atoms with Crippen molar-refractivity contribution in [1.29, 1.82) is 0 Å². The van der Waals surface area contributed by atoms with E-state index < -0.39 is 0 Å². The van der Waals surface area contributed by atoms with Gasteiger partial charge in [-0.05, 0) is 51.5 Å². The second kappa shape index (κ2) is 8.65. The first-order valence-electron chi connectivity index (χ1n) is 8.47. The lowest BCUT2D eigenvalue weighted by Gasteiger charge is -2.23. The summed E-state index contributed by atoms with van der Waals surface area (Å²) < 4.78 is 0. The molecule has 0 heterocycles. The fraction of sp³-hybridized carbons (Fsp3) is 0.526. The van der Waals surface area contributed by atoms with Gasteiger partial charge < -0.3 is 15.1 Å². The topological polar surface area (TPSA) is 69.7 Å². The SMILES string of the molecule is CCCN(CC(=O)N(C)C)C(=O)c1ccc(C(=O)NC(C)(C)C)cc1. The van der Waals surface area contributed by atoms with Crippen LogP contribution in [0.3, 0.4) is 0 Å². The summed E-state index contributed by atoms with van der Waals surface area (Å²) in [5.74, 6) is -0.512. The minimum Gasteiger partial charge on any atom is -0.347 e. The first-order valence-corrected chi connectivity index (χ1v) is 8.47. The fourth-order valence-corrected chi connectivity index (χ4v) is 2.19. The summed E-state index contributed by atoms with van der Waals surface area (Å²) in [6.45, 7) is 8.24. The molecular formula is C19H29N3O3. The van der Waals surface area contributed by atoms with Gasteiger partial charge in [-0.1, -0.05) is 6.92 Å². The van der Waals surface area contributed by atoms with Gasteiger partial charge in [-0.25, -0.2) is 0 Å². The van der Waals surface area contributed by atoms with Crippen LogP contribution in [0.4, 0.5) is 0 Å². The number of carbonyl (C=O) groups excluding carboxylic acids is 3. The normalized spacial score (nSPS) is 11.0. The number of hydrogen-bond acceptors (Lipinski definition) is 3. The molecule has 0 unspecified atom stereocenters. The summed E-state index contributed by atoms with van der Waals surface area (Å²) in [4.78, 5) is 39.7. The Morgan fingerprint density at radius 2 is 1.52 bits per heavy atom. The van der Waals surface area contributed by atoms with E-state index >= 15 is 0 Å². The average Bonchev–Trinajstić information content (AvgIpc) is 2.52. The summed E-state index contributed by atoms with van der Waals surface area (Å²) in [7, 11) is 3.33. The number of hydrogen-bond donors (Lipinski definition) is 1. The van der Waals surface area contributed by atoms with Crippen LogP contribution in [0.5, 0.6) is 0 Å². The highest BCUT2D eigenvalue weighted by atomic mass is 16.2. The Hall–Kier alpha value is -2.37. The highest BCUT2D eigenvalue weighted by Gasteiger charge is 2.20. The lowest BCUT2D eigenvalue weighted by atomic mass is 10.1.